The lowest BCUT2D eigenvalue weighted by Gasteiger charge is -2.34. The van der Waals surface area contributed by atoms with Gasteiger partial charge in [0.05, 0.1) is 6.54 Å². The molecular weight excluding hydrogens is 344 g/mol. The van der Waals surface area contributed by atoms with Gasteiger partial charge in [-0.2, -0.15) is 0 Å². The Kier molecular flexibility index (Phi) is 6.24. The quantitative estimate of drug-likeness (QED) is 0.755. The van der Waals surface area contributed by atoms with Gasteiger partial charge in [-0.1, -0.05) is 6.08 Å². The standard InChI is InChI=1S/C20H26N4O3/c1-2-9-21-18(25)15-22-11-13-23(14-12-22)20(27)16-5-7-17(8-6-16)24-10-3-4-19(24)26/h2,5-8H,1,3-4,9-15H2,(H,21,25). The van der Waals surface area contributed by atoms with E-state index >= 15 is 0 Å². The fourth-order valence-corrected chi connectivity index (χ4v) is 3.44. The molecule has 0 saturated carbocycles. The van der Waals surface area contributed by atoms with E-state index in [1.54, 1.807) is 23.1 Å². The first-order valence-electron chi connectivity index (χ1n) is 9.38. The van der Waals surface area contributed by atoms with Crippen molar-refractivity contribution in [2.75, 3.05) is 50.7 Å². The molecule has 0 bridgehead atoms. The summed E-state index contributed by atoms with van der Waals surface area (Å²) in [6.45, 7) is 7.67. The molecule has 2 aliphatic rings. The van der Waals surface area contributed by atoms with Gasteiger partial charge in [0, 0.05) is 56.9 Å². The second-order valence-corrected chi connectivity index (χ2v) is 6.86. The van der Waals surface area contributed by atoms with Crippen LogP contribution in [-0.4, -0.2) is 73.3 Å². The number of carbonyl (C=O) groups excluding carboxylic acids is 3. The Bertz CT molecular complexity index is 708. The highest BCUT2D eigenvalue weighted by atomic mass is 16.2. The zero-order valence-corrected chi connectivity index (χ0v) is 15.5. The lowest BCUT2D eigenvalue weighted by molar-refractivity contribution is -0.122. The van der Waals surface area contributed by atoms with Crippen molar-refractivity contribution in [3.8, 4) is 0 Å². The van der Waals surface area contributed by atoms with Crippen LogP contribution in [0, 0.1) is 0 Å². The third-order valence-electron chi connectivity index (χ3n) is 4.97. The average molecular weight is 370 g/mol. The van der Waals surface area contributed by atoms with Crippen LogP contribution in [0.2, 0.25) is 0 Å². The first kappa shape index (κ1) is 19.1. The maximum absolute atomic E-state index is 12.7. The van der Waals surface area contributed by atoms with E-state index in [0.717, 1.165) is 18.7 Å². The Hall–Kier alpha value is -2.67. The van der Waals surface area contributed by atoms with Crippen molar-refractivity contribution in [3.05, 3.63) is 42.5 Å². The number of rotatable bonds is 6. The van der Waals surface area contributed by atoms with E-state index in [1.807, 2.05) is 21.9 Å². The van der Waals surface area contributed by atoms with E-state index in [9.17, 15) is 14.4 Å². The Morgan fingerprint density at radius 2 is 1.78 bits per heavy atom. The van der Waals surface area contributed by atoms with Crippen LogP contribution in [-0.2, 0) is 9.59 Å². The molecule has 7 nitrogen and oxygen atoms in total. The van der Waals surface area contributed by atoms with E-state index in [-0.39, 0.29) is 17.7 Å². The molecule has 0 aliphatic carbocycles. The topological polar surface area (TPSA) is 73.0 Å². The second-order valence-electron chi connectivity index (χ2n) is 6.86. The minimum absolute atomic E-state index is 0.00921. The lowest BCUT2D eigenvalue weighted by Crippen LogP contribution is -2.51. The SMILES string of the molecule is C=CCNC(=O)CN1CCN(C(=O)c2ccc(N3CCCC3=O)cc2)CC1. The third-order valence-corrected chi connectivity index (χ3v) is 4.97. The number of piperazine rings is 1. The summed E-state index contributed by atoms with van der Waals surface area (Å²) in [6, 6.07) is 7.27. The van der Waals surface area contributed by atoms with Crippen LogP contribution in [0.3, 0.4) is 0 Å². The summed E-state index contributed by atoms with van der Waals surface area (Å²) in [4.78, 5) is 41.9. The summed E-state index contributed by atoms with van der Waals surface area (Å²) < 4.78 is 0. The van der Waals surface area contributed by atoms with Crippen LogP contribution in [0.25, 0.3) is 0 Å². The number of carbonyl (C=O) groups is 3. The van der Waals surface area contributed by atoms with Gasteiger partial charge in [-0.25, -0.2) is 0 Å². The van der Waals surface area contributed by atoms with Crippen LogP contribution in [0.4, 0.5) is 5.69 Å². The van der Waals surface area contributed by atoms with Gasteiger partial charge < -0.3 is 15.1 Å². The zero-order chi connectivity index (χ0) is 19.2. The first-order valence-corrected chi connectivity index (χ1v) is 9.38. The van der Waals surface area contributed by atoms with Crippen LogP contribution >= 0.6 is 0 Å². The number of hydrogen-bond acceptors (Lipinski definition) is 4. The van der Waals surface area contributed by atoms with Gasteiger partial charge in [0.1, 0.15) is 0 Å². The monoisotopic (exact) mass is 370 g/mol. The van der Waals surface area contributed by atoms with Gasteiger partial charge in [-0.15, -0.1) is 6.58 Å². The number of nitrogens with zero attached hydrogens (tertiary/aromatic N) is 3. The normalized spacial score (nSPS) is 17.9. The molecule has 0 unspecified atom stereocenters. The van der Waals surface area contributed by atoms with Crippen molar-refractivity contribution in [1.29, 1.82) is 0 Å². The first-order chi connectivity index (χ1) is 13.1. The minimum Gasteiger partial charge on any atom is -0.352 e. The summed E-state index contributed by atoms with van der Waals surface area (Å²) in [6.07, 6.45) is 3.13. The second kappa shape index (κ2) is 8.81. The van der Waals surface area contributed by atoms with Crippen LogP contribution < -0.4 is 10.2 Å². The Labute approximate surface area is 159 Å². The molecule has 1 N–H and O–H groups in total. The summed E-state index contributed by atoms with van der Waals surface area (Å²) in [5.74, 6) is 0.106. The summed E-state index contributed by atoms with van der Waals surface area (Å²) >= 11 is 0. The van der Waals surface area contributed by atoms with Crippen molar-refractivity contribution in [1.82, 2.24) is 15.1 Å². The molecule has 1 aromatic carbocycles. The molecule has 0 aromatic heterocycles. The van der Waals surface area contributed by atoms with E-state index in [2.05, 4.69) is 11.9 Å². The highest BCUT2D eigenvalue weighted by Crippen LogP contribution is 2.22. The van der Waals surface area contributed by atoms with Crippen molar-refractivity contribution < 1.29 is 14.4 Å². The van der Waals surface area contributed by atoms with Gasteiger partial charge in [-0.3, -0.25) is 19.3 Å². The summed E-state index contributed by atoms with van der Waals surface area (Å²) in [5, 5.41) is 2.76. The Morgan fingerprint density at radius 1 is 1.07 bits per heavy atom. The predicted octanol–water partition coefficient (Wildman–Crippen LogP) is 0.873. The van der Waals surface area contributed by atoms with Crippen LogP contribution in [0.5, 0.6) is 0 Å². The maximum atomic E-state index is 12.7. The molecule has 0 spiro atoms. The Morgan fingerprint density at radius 3 is 2.37 bits per heavy atom. The van der Waals surface area contributed by atoms with Gasteiger partial charge in [-0.05, 0) is 30.7 Å². The molecule has 3 rings (SSSR count). The van der Waals surface area contributed by atoms with E-state index in [0.29, 0.717) is 51.3 Å². The highest BCUT2D eigenvalue weighted by molar-refractivity contribution is 5.97. The number of benzene rings is 1. The number of amides is 3. The van der Waals surface area contributed by atoms with Gasteiger partial charge in [0.15, 0.2) is 0 Å². The van der Waals surface area contributed by atoms with E-state index < -0.39 is 0 Å². The van der Waals surface area contributed by atoms with Crippen molar-refractivity contribution in [3.63, 3.8) is 0 Å². The largest absolute Gasteiger partial charge is 0.352 e. The molecule has 1 aromatic rings. The smallest absolute Gasteiger partial charge is 0.253 e. The van der Waals surface area contributed by atoms with Crippen molar-refractivity contribution in [2.45, 2.75) is 12.8 Å². The highest BCUT2D eigenvalue weighted by Gasteiger charge is 2.24. The molecule has 2 fully saturated rings. The average Bonchev–Trinajstić information content (AvgIpc) is 3.12. The number of hydrogen-bond donors (Lipinski definition) is 1. The van der Waals surface area contributed by atoms with Gasteiger partial charge in [0.25, 0.3) is 5.91 Å². The molecule has 0 radical (unpaired) electrons. The molecule has 2 aliphatic heterocycles. The summed E-state index contributed by atoms with van der Waals surface area (Å²) in [5.41, 5.74) is 1.48. The maximum Gasteiger partial charge on any atom is 0.253 e. The lowest BCUT2D eigenvalue weighted by atomic mass is 10.1. The van der Waals surface area contributed by atoms with Gasteiger partial charge in [0.2, 0.25) is 11.8 Å². The molecule has 7 heteroatoms. The zero-order valence-electron chi connectivity index (χ0n) is 15.5. The van der Waals surface area contributed by atoms with Crippen LogP contribution in [0.15, 0.2) is 36.9 Å². The minimum atomic E-state index is -0.0262. The molecule has 144 valence electrons. The molecular formula is C20H26N4O3. The van der Waals surface area contributed by atoms with E-state index in [1.165, 1.54) is 0 Å². The molecule has 0 atom stereocenters. The fraction of sp³-hybridized carbons (Fsp3) is 0.450. The molecule has 2 saturated heterocycles. The number of nitrogens with one attached hydrogen (secondary N) is 1. The fourth-order valence-electron chi connectivity index (χ4n) is 3.44. The molecule has 2 heterocycles. The summed E-state index contributed by atoms with van der Waals surface area (Å²) in [7, 11) is 0. The number of anilines is 1. The van der Waals surface area contributed by atoms with Crippen molar-refractivity contribution in [2.24, 2.45) is 0 Å². The van der Waals surface area contributed by atoms with Gasteiger partial charge >= 0.3 is 0 Å². The predicted molar refractivity (Wildman–Crippen MR) is 104 cm³/mol. The third kappa shape index (κ3) is 4.74. The molecule has 27 heavy (non-hydrogen) atoms. The molecule has 3 amide bonds. The van der Waals surface area contributed by atoms with E-state index in [4.69, 9.17) is 0 Å². The Balaban J connectivity index is 1.51. The van der Waals surface area contributed by atoms with Crippen molar-refractivity contribution >= 4 is 23.4 Å². The van der Waals surface area contributed by atoms with Crippen LogP contribution in [0.1, 0.15) is 23.2 Å².